The molecule has 1 fully saturated rings. The molecule has 0 aliphatic carbocycles. The minimum Gasteiger partial charge on any atom is -0.497 e. The van der Waals surface area contributed by atoms with Gasteiger partial charge in [0.25, 0.3) is 0 Å². The van der Waals surface area contributed by atoms with Crippen LogP contribution >= 0.6 is 0 Å². The summed E-state index contributed by atoms with van der Waals surface area (Å²) in [5.41, 5.74) is 1.02. The fourth-order valence-electron chi connectivity index (χ4n) is 2.87. The van der Waals surface area contributed by atoms with Crippen LogP contribution in [0.3, 0.4) is 0 Å². The van der Waals surface area contributed by atoms with Crippen molar-refractivity contribution in [3.63, 3.8) is 0 Å². The molecular weight excluding hydrogens is 304 g/mol. The van der Waals surface area contributed by atoms with E-state index in [1.165, 1.54) is 0 Å². The normalized spacial score (nSPS) is 16.8. The van der Waals surface area contributed by atoms with Crippen LogP contribution in [0.1, 0.15) is 12.0 Å². The Morgan fingerprint density at radius 2 is 1.92 bits per heavy atom. The van der Waals surface area contributed by atoms with Crippen LogP contribution in [0, 0.1) is 5.92 Å². The zero-order valence-corrected chi connectivity index (χ0v) is 14.1. The first kappa shape index (κ1) is 17.8. The molecule has 2 amide bonds. The first-order valence-electron chi connectivity index (χ1n) is 8.00. The number of nitrogens with zero attached hydrogens (tertiary/aromatic N) is 2. The van der Waals surface area contributed by atoms with E-state index in [9.17, 15) is 9.59 Å². The van der Waals surface area contributed by atoms with Gasteiger partial charge >= 0.3 is 0 Å². The Kier molecular flexibility index (Phi) is 6.18. The number of benzene rings is 1. The molecule has 24 heavy (non-hydrogen) atoms. The predicted molar refractivity (Wildman–Crippen MR) is 93.5 cm³/mol. The van der Waals surface area contributed by atoms with Gasteiger partial charge in [0.05, 0.1) is 13.0 Å². The van der Waals surface area contributed by atoms with Gasteiger partial charge in [0.1, 0.15) is 5.75 Å². The number of hydrogen-bond donors (Lipinski definition) is 0. The standard InChI is InChI=1S/C19H24N2O3/c1-4-10-20(11-5-2)19(23)16-12-18(22)21(14-16)13-15-6-8-17(24-3)9-7-15/h4-9,16H,1-2,10-14H2,3H3. The van der Waals surface area contributed by atoms with Crippen LogP contribution < -0.4 is 4.74 Å². The average molecular weight is 328 g/mol. The molecule has 1 atom stereocenters. The van der Waals surface area contributed by atoms with Gasteiger partial charge in [-0.15, -0.1) is 13.2 Å². The van der Waals surface area contributed by atoms with E-state index in [-0.39, 0.29) is 24.2 Å². The van der Waals surface area contributed by atoms with E-state index in [0.717, 1.165) is 11.3 Å². The summed E-state index contributed by atoms with van der Waals surface area (Å²) in [6.45, 7) is 9.25. The second-order valence-electron chi connectivity index (χ2n) is 5.84. The molecular formula is C19H24N2O3. The number of likely N-dealkylation sites (tertiary alicyclic amines) is 1. The van der Waals surface area contributed by atoms with Crippen LogP contribution in [-0.4, -0.2) is 48.4 Å². The van der Waals surface area contributed by atoms with Gasteiger partial charge in [-0.05, 0) is 17.7 Å². The smallest absolute Gasteiger partial charge is 0.228 e. The van der Waals surface area contributed by atoms with Crippen molar-refractivity contribution in [2.24, 2.45) is 5.92 Å². The largest absolute Gasteiger partial charge is 0.497 e. The highest BCUT2D eigenvalue weighted by atomic mass is 16.5. The van der Waals surface area contributed by atoms with Gasteiger partial charge < -0.3 is 14.5 Å². The third-order valence-electron chi connectivity index (χ3n) is 4.11. The molecule has 1 aliphatic heterocycles. The summed E-state index contributed by atoms with van der Waals surface area (Å²) in [4.78, 5) is 28.2. The van der Waals surface area contributed by atoms with E-state index in [4.69, 9.17) is 4.74 Å². The Morgan fingerprint density at radius 1 is 1.29 bits per heavy atom. The van der Waals surface area contributed by atoms with Crippen molar-refractivity contribution < 1.29 is 14.3 Å². The van der Waals surface area contributed by atoms with Crippen LogP contribution in [0.5, 0.6) is 5.75 Å². The Balaban J connectivity index is 1.99. The van der Waals surface area contributed by atoms with Crippen LogP contribution in [0.25, 0.3) is 0 Å². The molecule has 1 aromatic rings. The van der Waals surface area contributed by atoms with Crippen LogP contribution in [0.2, 0.25) is 0 Å². The molecule has 5 nitrogen and oxygen atoms in total. The summed E-state index contributed by atoms with van der Waals surface area (Å²) in [7, 11) is 1.62. The first-order valence-corrected chi connectivity index (χ1v) is 8.00. The summed E-state index contributed by atoms with van der Waals surface area (Å²) in [6, 6.07) is 7.61. The maximum absolute atomic E-state index is 12.6. The Hall–Kier alpha value is -2.56. The molecule has 0 radical (unpaired) electrons. The monoisotopic (exact) mass is 328 g/mol. The fourth-order valence-corrected chi connectivity index (χ4v) is 2.87. The zero-order chi connectivity index (χ0) is 17.5. The van der Waals surface area contributed by atoms with Crippen LogP contribution in [-0.2, 0) is 16.1 Å². The summed E-state index contributed by atoms with van der Waals surface area (Å²) in [5, 5.41) is 0. The molecule has 0 bridgehead atoms. The zero-order valence-electron chi connectivity index (χ0n) is 14.1. The van der Waals surface area contributed by atoms with E-state index in [1.54, 1.807) is 29.1 Å². The minimum atomic E-state index is -0.296. The number of carbonyl (C=O) groups is 2. The molecule has 0 saturated carbocycles. The lowest BCUT2D eigenvalue weighted by molar-refractivity contribution is -0.134. The van der Waals surface area contributed by atoms with Crippen LogP contribution in [0.4, 0.5) is 0 Å². The molecule has 5 heteroatoms. The van der Waals surface area contributed by atoms with Gasteiger partial charge in [-0.2, -0.15) is 0 Å². The molecule has 1 aromatic carbocycles. The maximum Gasteiger partial charge on any atom is 0.228 e. The predicted octanol–water partition coefficient (Wildman–Crippen LogP) is 2.24. The van der Waals surface area contributed by atoms with Crippen molar-refractivity contribution in [2.45, 2.75) is 13.0 Å². The second-order valence-corrected chi connectivity index (χ2v) is 5.84. The summed E-state index contributed by atoms with van der Waals surface area (Å²) in [5.74, 6) is 0.487. The third-order valence-corrected chi connectivity index (χ3v) is 4.11. The number of amides is 2. The molecule has 0 N–H and O–H groups in total. The Bertz CT molecular complexity index is 600. The lowest BCUT2D eigenvalue weighted by Gasteiger charge is -2.23. The third kappa shape index (κ3) is 4.25. The summed E-state index contributed by atoms with van der Waals surface area (Å²) < 4.78 is 5.13. The van der Waals surface area contributed by atoms with Gasteiger partial charge in [0.15, 0.2) is 0 Å². The molecule has 2 rings (SSSR count). The highest BCUT2D eigenvalue weighted by Gasteiger charge is 2.35. The van der Waals surface area contributed by atoms with Crippen molar-refractivity contribution in [3.05, 3.63) is 55.1 Å². The van der Waals surface area contributed by atoms with E-state index in [2.05, 4.69) is 13.2 Å². The van der Waals surface area contributed by atoms with Gasteiger partial charge in [-0.1, -0.05) is 24.3 Å². The van der Waals surface area contributed by atoms with Crippen molar-refractivity contribution in [3.8, 4) is 5.75 Å². The fraction of sp³-hybridized carbons (Fsp3) is 0.368. The Labute approximate surface area is 143 Å². The molecule has 1 aliphatic rings. The number of ether oxygens (including phenoxy) is 1. The first-order chi connectivity index (χ1) is 11.6. The second kappa shape index (κ2) is 8.34. The summed E-state index contributed by atoms with van der Waals surface area (Å²) in [6.07, 6.45) is 3.64. The number of methoxy groups -OCH3 is 1. The number of hydrogen-bond acceptors (Lipinski definition) is 3. The molecule has 0 spiro atoms. The maximum atomic E-state index is 12.6. The van der Waals surface area contributed by atoms with Crippen molar-refractivity contribution >= 4 is 11.8 Å². The quantitative estimate of drug-likeness (QED) is 0.688. The van der Waals surface area contributed by atoms with Crippen molar-refractivity contribution in [1.29, 1.82) is 0 Å². The highest BCUT2D eigenvalue weighted by Crippen LogP contribution is 2.23. The van der Waals surface area contributed by atoms with E-state index < -0.39 is 0 Å². The molecule has 1 saturated heterocycles. The Morgan fingerprint density at radius 3 is 2.46 bits per heavy atom. The number of rotatable bonds is 8. The molecule has 128 valence electrons. The average Bonchev–Trinajstić information content (AvgIpc) is 2.95. The lowest BCUT2D eigenvalue weighted by Crippen LogP contribution is -2.37. The van der Waals surface area contributed by atoms with E-state index in [1.807, 2.05) is 24.3 Å². The number of carbonyl (C=O) groups excluding carboxylic acids is 2. The topological polar surface area (TPSA) is 49.9 Å². The highest BCUT2D eigenvalue weighted by molar-refractivity contribution is 5.89. The lowest BCUT2D eigenvalue weighted by atomic mass is 10.1. The SMILES string of the molecule is C=CCN(CC=C)C(=O)C1CC(=O)N(Cc2ccc(OC)cc2)C1. The van der Waals surface area contributed by atoms with Gasteiger partial charge in [0, 0.05) is 32.6 Å². The van der Waals surface area contributed by atoms with Gasteiger partial charge in [0.2, 0.25) is 11.8 Å². The van der Waals surface area contributed by atoms with Crippen molar-refractivity contribution in [1.82, 2.24) is 9.80 Å². The van der Waals surface area contributed by atoms with E-state index in [0.29, 0.717) is 26.2 Å². The van der Waals surface area contributed by atoms with E-state index >= 15 is 0 Å². The molecule has 0 aromatic heterocycles. The van der Waals surface area contributed by atoms with Gasteiger partial charge in [-0.25, -0.2) is 0 Å². The van der Waals surface area contributed by atoms with Crippen molar-refractivity contribution in [2.75, 3.05) is 26.7 Å². The summed E-state index contributed by atoms with van der Waals surface area (Å²) >= 11 is 0. The molecule has 1 heterocycles. The van der Waals surface area contributed by atoms with Crippen LogP contribution in [0.15, 0.2) is 49.6 Å². The van der Waals surface area contributed by atoms with Gasteiger partial charge in [-0.3, -0.25) is 9.59 Å². The molecule has 1 unspecified atom stereocenters. The minimum absolute atomic E-state index is 0.0135.